The fourth-order valence-electron chi connectivity index (χ4n) is 1.73. The van der Waals surface area contributed by atoms with Crippen molar-refractivity contribution in [2.75, 3.05) is 12.1 Å². The number of aryl methyl sites for hydroxylation is 1. The van der Waals surface area contributed by atoms with Crippen molar-refractivity contribution in [3.63, 3.8) is 0 Å². The number of benzene rings is 1. The summed E-state index contributed by atoms with van der Waals surface area (Å²) in [6.45, 7) is 1.82. The number of anilines is 1. The average Bonchev–Trinajstić information content (AvgIpc) is 2.70. The lowest BCUT2D eigenvalue weighted by molar-refractivity contribution is -0.133. The molecule has 0 aliphatic carbocycles. The van der Waals surface area contributed by atoms with E-state index in [0.717, 1.165) is 10.6 Å². The molecule has 0 N–H and O–H groups in total. The van der Waals surface area contributed by atoms with E-state index in [2.05, 4.69) is 9.84 Å². The van der Waals surface area contributed by atoms with Crippen molar-refractivity contribution in [1.29, 1.82) is 0 Å². The van der Waals surface area contributed by atoms with Gasteiger partial charge in [0.05, 0.1) is 24.2 Å². The molecule has 1 aromatic carbocycles. The fourth-order valence-corrected chi connectivity index (χ4v) is 2.03. The van der Waals surface area contributed by atoms with E-state index in [9.17, 15) is 9.59 Å². The van der Waals surface area contributed by atoms with Crippen LogP contribution in [0.5, 0.6) is 0 Å². The lowest BCUT2D eigenvalue weighted by Crippen LogP contribution is -2.21. The van der Waals surface area contributed by atoms with Crippen LogP contribution in [0.25, 0.3) is 0 Å². The van der Waals surface area contributed by atoms with Crippen LogP contribution in [0.2, 0.25) is 5.02 Å². The smallest absolute Gasteiger partial charge is 0.354 e. The molecule has 1 heterocycles. The summed E-state index contributed by atoms with van der Waals surface area (Å²) in [7, 11) is 1.25. The molecule has 94 valence electrons. The maximum atomic E-state index is 11.9. The predicted molar refractivity (Wildman–Crippen MR) is 67.7 cm³/mol. The number of carbonyl (C=O) groups excluding carboxylic acids is 2. The van der Waals surface area contributed by atoms with Crippen molar-refractivity contribution >= 4 is 34.9 Å². The lowest BCUT2D eigenvalue weighted by Gasteiger charge is -2.15. The van der Waals surface area contributed by atoms with Crippen LogP contribution in [0.4, 0.5) is 5.69 Å². The second-order valence-electron chi connectivity index (χ2n) is 3.83. The number of rotatable bonds is 2. The molecule has 0 fully saturated rings. The van der Waals surface area contributed by atoms with E-state index in [1.807, 2.05) is 13.0 Å². The van der Waals surface area contributed by atoms with Gasteiger partial charge in [-0.15, -0.1) is 0 Å². The van der Waals surface area contributed by atoms with Gasteiger partial charge in [0.2, 0.25) is 0 Å². The highest BCUT2D eigenvalue weighted by Crippen LogP contribution is 2.32. The van der Waals surface area contributed by atoms with Crippen LogP contribution in [0, 0.1) is 6.92 Å². The van der Waals surface area contributed by atoms with Crippen LogP contribution in [-0.4, -0.2) is 24.7 Å². The fraction of sp³-hybridized carbons (Fsp3) is 0.250. The Kier molecular flexibility index (Phi) is 3.34. The molecular formula is C12H11ClN2O3. The van der Waals surface area contributed by atoms with Crippen LogP contribution in [0.15, 0.2) is 23.3 Å². The van der Waals surface area contributed by atoms with Crippen molar-refractivity contribution in [2.24, 2.45) is 5.10 Å². The Labute approximate surface area is 109 Å². The molecule has 0 atom stereocenters. The van der Waals surface area contributed by atoms with E-state index >= 15 is 0 Å². The normalized spacial score (nSPS) is 14.7. The summed E-state index contributed by atoms with van der Waals surface area (Å²) in [5.41, 5.74) is 1.40. The van der Waals surface area contributed by atoms with Crippen LogP contribution in [0.3, 0.4) is 0 Å². The van der Waals surface area contributed by atoms with Gasteiger partial charge in [0.1, 0.15) is 0 Å². The third kappa shape index (κ3) is 2.09. The number of halogens is 1. The molecular weight excluding hydrogens is 256 g/mol. The highest BCUT2D eigenvalue weighted by molar-refractivity contribution is 6.43. The number of nitrogens with zero attached hydrogens (tertiary/aromatic N) is 2. The predicted octanol–water partition coefficient (Wildman–Crippen LogP) is 1.91. The lowest BCUT2D eigenvalue weighted by atomic mass is 10.2. The maximum absolute atomic E-state index is 11.9. The van der Waals surface area contributed by atoms with Crippen molar-refractivity contribution < 1.29 is 14.3 Å². The molecule has 18 heavy (non-hydrogen) atoms. The largest absolute Gasteiger partial charge is 0.464 e. The summed E-state index contributed by atoms with van der Waals surface area (Å²) in [6.07, 6.45) is -0.0721. The molecule has 5 nitrogen and oxygen atoms in total. The summed E-state index contributed by atoms with van der Waals surface area (Å²) in [4.78, 5) is 23.2. The number of hydrogen-bond donors (Lipinski definition) is 0. The van der Waals surface area contributed by atoms with Gasteiger partial charge in [0, 0.05) is 0 Å². The first-order chi connectivity index (χ1) is 8.54. The Balaban J connectivity index is 2.43. The number of para-hydroxylation sites is 1. The third-order valence-electron chi connectivity index (χ3n) is 2.60. The molecule has 0 radical (unpaired) electrons. The summed E-state index contributed by atoms with van der Waals surface area (Å²) in [6, 6.07) is 5.27. The summed E-state index contributed by atoms with van der Waals surface area (Å²) >= 11 is 6.06. The third-order valence-corrected chi connectivity index (χ3v) is 2.90. The number of amides is 1. The molecule has 0 saturated heterocycles. The minimum absolute atomic E-state index is 0.0721. The molecule has 0 spiro atoms. The van der Waals surface area contributed by atoms with Gasteiger partial charge in [-0.3, -0.25) is 4.79 Å². The van der Waals surface area contributed by atoms with Crippen LogP contribution >= 0.6 is 11.6 Å². The minimum atomic E-state index is -0.601. The second-order valence-corrected chi connectivity index (χ2v) is 4.23. The van der Waals surface area contributed by atoms with Gasteiger partial charge in [0.15, 0.2) is 5.71 Å². The molecule has 6 heteroatoms. The molecule has 0 saturated carbocycles. The molecule has 0 unspecified atom stereocenters. The van der Waals surface area contributed by atoms with Crippen molar-refractivity contribution in [2.45, 2.75) is 13.3 Å². The summed E-state index contributed by atoms with van der Waals surface area (Å²) in [5.74, 6) is -0.901. The van der Waals surface area contributed by atoms with E-state index in [-0.39, 0.29) is 18.0 Å². The molecule has 1 aliphatic heterocycles. The Hall–Kier alpha value is -1.88. The second kappa shape index (κ2) is 4.78. The summed E-state index contributed by atoms with van der Waals surface area (Å²) in [5, 5.41) is 5.54. The monoisotopic (exact) mass is 266 g/mol. The number of carbonyl (C=O) groups is 2. The van der Waals surface area contributed by atoms with E-state index < -0.39 is 5.97 Å². The Morgan fingerprint density at radius 1 is 1.50 bits per heavy atom. The molecule has 0 aromatic heterocycles. The highest BCUT2D eigenvalue weighted by Gasteiger charge is 2.31. The van der Waals surface area contributed by atoms with E-state index in [4.69, 9.17) is 11.6 Å². The first-order valence-electron chi connectivity index (χ1n) is 5.28. The van der Waals surface area contributed by atoms with Gasteiger partial charge >= 0.3 is 5.97 Å². The number of hydrazone groups is 1. The quantitative estimate of drug-likeness (QED) is 0.769. The van der Waals surface area contributed by atoms with Gasteiger partial charge < -0.3 is 4.74 Å². The van der Waals surface area contributed by atoms with Gasteiger partial charge in [-0.05, 0) is 18.6 Å². The van der Waals surface area contributed by atoms with Crippen molar-refractivity contribution in [1.82, 2.24) is 0 Å². The van der Waals surface area contributed by atoms with Crippen LogP contribution in [0.1, 0.15) is 12.0 Å². The van der Waals surface area contributed by atoms with Gasteiger partial charge in [0.25, 0.3) is 5.91 Å². The number of methoxy groups -OCH3 is 1. The number of hydrogen-bond acceptors (Lipinski definition) is 4. The highest BCUT2D eigenvalue weighted by atomic mass is 35.5. The summed E-state index contributed by atoms with van der Waals surface area (Å²) < 4.78 is 4.55. The van der Waals surface area contributed by atoms with E-state index in [1.165, 1.54) is 7.11 Å². The average molecular weight is 267 g/mol. The zero-order valence-corrected chi connectivity index (χ0v) is 10.7. The molecule has 1 aromatic rings. The first kappa shape index (κ1) is 12.6. The first-order valence-corrected chi connectivity index (χ1v) is 5.66. The molecule has 1 amide bonds. The zero-order chi connectivity index (χ0) is 13.3. The Morgan fingerprint density at radius 2 is 2.22 bits per heavy atom. The minimum Gasteiger partial charge on any atom is -0.464 e. The van der Waals surface area contributed by atoms with Gasteiger partial charge in [-0.2, -0.15) is 10.1 Å². The van der Waals surface area contributed by atoms with Gasteiger partial charge in [-0.25, -0.2) is 4.79 Å². The van der Waals surface area contributed by atoms with Gasteiger partial charge in [-0.1, -0.05) is 23.7 Å². The van der Waals surface area contributed by atoms with Crippen LogP contribution < -0.4 is 5.01 Å². The Bertz CT molecular complexity index is 534. The molecule has 0 bridgehead atoms. The Morgan fingerprint density at radius 3 is 2.83 bits per heavy atom. The van der Waals surface area contributed by atoms with E-state index in [1.54, 1.807) is 12.1 Å². The molecule has 1 aliphatic rings. The van der Waals surface area contributed by atoms with Crippen molar-refractivity contribution in [3.05, 3.63) is 28.8 Å². The van der Waals surface area contributed by atoms with Crippen molar-refractivity contribution in [3.8, 4) is 0 Å². The molecule has 2 rings (SSSR count). The topological polar surface area (TPSA) is 59.0 Å². The number of esters is 1. The van der Waals surface area contributed by atoms with Crippen LogP contribution in [-0.2, 0) is 14.3 Å². The SMILES string of the molecule is COC(=O)C1=NN(c2c(C)cccc2Cl)C(=O)C1. The van der Waals surface area contributed by atoms with E-state index in [0.29, 0.717) is 10.7 Å². The zero-order valence-electron chi connectivity index (χ0n) is 9.94. The maximum Gasteiger partial charge on any atom is 0.354 e. The number of ether oxygens (including phenoxy) is 1. The standard InChI is InChI=1S/C12H11ClN2O3/c1-7-4-3-5-8(13)11(7)15-10(16)6-9(14-15)12(17)18-2/h3-5H,6H2,1-2H3.